The van der Waals surface area contributed by atoms with E-state index in [4.69, 9.17) is 11.6 Å². The van der Waals surface area contributed by atoms with Gasteiger partial charge in [0.1, 0.15) is 5.15 Å². The summed E-state index contributed by atoms with van der Waals surface area (Å²) in [5.74, 6) is 0. The molecule has 0 radical (unpaired) electrons. The number of alkyl halides is 3. The second-order valence-electron chi connectivity index (χ2n) is 3.64. The van der Waals surface area contributed by atoms with Gasteiger partial charge in [0.25, 0.3) is 5.56 Å². The van der Waals surface area contributed by atoms with Crippen molar-refractivity contribution in [1.29, 1.82) is 0 Å². The molecule has 2 rings (SSSR count). The van der Waals surface area contributed by atoms with Crippen LogP contribution in [0, 0.1) is 0 Å². The molecule has 1 aromatic carbocycles. The summed E-state index contributed by atoms with van der Waals surface area (Å²) >= 11 is 5.70. The third-order valence-corrected chi connectivity index (χ3v) is 2.61. The van der Waals surface area contributed by atoms with Crippen LogP contribution < -0.4 is 11.2 Å². The maximum atomic E-state index is 12.6. The summed E-state index contributed by atoms with van der Waals surface area (Å²) in [6.45, 7) is 0. The van der Waals surface area contributed by atoms with Crippen LogP contribution in [0.4, 0.5) is 13.2 Å². The van der Waals surface area contributed by atoms with E-state index in [9.17, 15) is 22.8 Å². The number of hydrogen-bond acceptors (Lipinski definition) is 2. The van der Waals surface area contributed by atoms with Crippen molar-refractivity contribution >= 4 is 11.6 Å². The molecule has 0 aliphatic rings. The second-order valence-corrected chi connectivity index (χ2v) is 4.03. The van der Waals surface area contributed by atoms with Crippen molar-refractivity contribution < 1.29 is 13.2 Å². The van der Waals surface area contributed by atoms with E-state index in [0.29, 0.717) is 0 Å². The van der Waals surface area contributed by atoms with E-state index in [2.05, 4.69) is 0 Å². The molecule has 8 heteroatoms. The van der Waals surface area contributed by atoms with Gasteiger partial charge in [0, 0.05) is 6.07 Å². The van der Waals surface area contributed by atoms with Gasteiger partial charge in [0.05, 0.1) is 11.3 Å². The minimum Gasteiger partial charge on any atom is -0.274 e. The number of H-pyrrole nitrogens is 1. The lowest BCUT2D eigenvalue weighted by Gasteiger charge is -2.11. The summed E-state index contributed by atoms with van der Waals surface area (Å²) in [4.78, 5) is 24.5. The Bertz CT molecular complexity index is 734. The molecular formula is C11H6ClF3N2O2. The summed E-state index contributed by atoms with van der Waals surface area (Å²) in [6.07, 6.45) is -4.53. The van der Waals surface area contributed by atoms with E-state index >= 15 is 0 Å². The third-order valence-electron chi connectivity index (χ3n) is 2.33. The first-order valence-electron chi connectivity index (χ1n) is 4.98. The highest BCUT2D eigenvalue weighted by atomic mass is 35.5. The SMILES string of the molecule is O=c1cc(Cl)n(-c2cccc(C(F)(F)F)c2)c(=O)[nH]1. The second kappa shape index (κ2) is 4.58. The average molecular weight is 291 g/mol. The fourth-order valence-electron chi connectivity index (χ4n) is 1.53. The number of benzene rings is 1. The Morgan fingerprint density at radius 3 is 2.42 bits per heavy atom. The number of halogens is 4. The van der Waals surface area contributed by atoms with E-state index in [1.165, 1.54) is 6.07 Å². The molecule has 2 aromatic rings. The number of aromatic nitrogens is 2. The molecule has 0 spiro atoms. The zero-order chi connectivity index (χ0) is 14.2. The Morgan fingerprint density at radius 1 is 1.16 bits per heavy atom. The van der Waals surface area contributed by atoms with E-state index < -0.39 is 23.0 Å². The summed E-state index contributed by atoms with van der Waals surface area (Å²) < 4.78 is 38.5. The number of nitrogens with zero attached hydrogens (tertiary/aromatic N) is 1. The lowest BCUT2D eigenvalue weighted by molar-refractivity contribution is -0.137. The van der Waals surface area contributed by atoms with Gasteiger partial charge < -0.3 is 0 Å². The van der Waals surface area contributed by atoms with Crippen LogP contribution >= 0.6 is 11.6 Å². The highest BCUT2D eigenvalue weighted by molar-refractivity contribution is 6.29. The molecule has 0 saturated carbocycles. The van der Waals surface area contributed by atoms with Crippen molar-refractivity contribution in [3.63, 3.8) is 0 Å². The standard InChI is InChI=1S/C11H6ClF3N2O2/c12-8-5-9(18)16-10(19)17(8)7-3-1-2-6(4-7)11(13,14)15/h1-5H,(H,16,18,19). The maximum Gasteiger partial charge on any atom is 0.416 e. The van der Waals surface area contributed by atoms with E-state index in [1.54, 1.807) is 0 Å². The monoisotopic (exact) mass is 290 g/mol. The van der Waals surface area contributed by atoms with Crippen molar-refractivity contribution in [2.24, 2.45) is 0 Å². The molecule has 0 amide bonds. The van der Waals surface area contributed by atoms with Crippen LogP contribution in [0.3, 0.4) is 0 Å². The van der Waals surface area contributed by atoms with Gasteiger partial charge in [-0.2, -0.15) is 13.2 Å². The highest BCUT2D eigenvalue weighted by Gasteiger charge is 2.30. The summed E-state index contributed by atoms with van der Waals surface area (Å²) in [6, 6.07) is 4.97. The van der Waals surface area contributed by atoms with Gasteiger partial charge >= 0.3 is 11.9 Å². The zero-order valence-corrected chi connectivity index (χ0v) is 9.92. The first kappa shape index (κ1) is 13.4. The molecule has 0 fully saturated rings. The third kappa shape index (κ3) is 2.70. The Hall–Kier alpha value is -2.02. The van der Waals surface area contributed by atoms with Gasteiger partial charge in [0.2, 0.25) is 0 Å². The Kier molecular flexibility index (Phi) is 3.23. The molecule has 100 valence electrons. The van der Waals surface area contributed by atoms with Gasteiger partial charge in [-0.3, -0.25) is 14.3 Å². The molecule has 0 unspecified atom stereocenters. The van der Waals surface area contributed by atoms with Crippen LogP contribution in [-0.2, 0) is 6.18 Å². The van der Waals surface area contributed by atoms with Gasteiger partial charge in [-0.1, -0.05) is 17.7 Å². The molecule has 0 atom stereocenters. The molecule has 0 saturated heterocycles. The topological polar surface area (TPSA) is 54.9 Å². The van der Waals surface area contributed by atoms with Crippen molar-refractivity contribution in [2.45, 2.75) is 6.18 Å². The smallest absolute Gasteiger partial charge is 0.274 e. The van der Waals surface area contributed by atoms with Crippen LogP contribution in [-0.4, -0.2) is 9.55 Å². The Labute approximate surface area is 109 Å². The van der Waals surface area contributed by atoms with Crippen molar-refractivity contribution in [3.05, 3.63) is 61.9 Å². The maximum absolute atomic E-state index is 12.6. The predicted octanol–water partition coefficient (Wildman–Crippen LogP) is 2.20. The minimum atomic E-state index is -4.53. The summed E-state index contributed by atoms with van der Waals surface area (Å²) in [7, 11) is 0. The van der Waals surface area contributed by atoms with Gasteiger partial charge in [0.15, 0.2) is 0 Å². The first-order chi connectivity index (χ1) is 8.79. The molecule has 4 nitrogen and oxygen atoms in total. The van der Waals surface area contributed by atoms with Crippen molar-refractivity contribution in [2.75, 3.05) is 0 Å². The normalized spacial score (nSPS) is 11.6. The quantitative estimate of drug-likeness (QED) is 0.819. The number of hydrogen-bond donors (Lipinski definition) is 1. The van der Waals surface area contributed by atoms with Crippen LogP contribution in [0.1, 0.15) is 5.56 Å². The minimum absolute atomic E-state index is 0.0823. The lowest BCUT2D eigenvalue weighted by atomic mass is 10.2. The molecule has 1 N–H and O–H groups in total. The van der Waals surface area contributed by atoms with E-state index in [1.807, 2.05) is 4.98 Å². The molecule has 19 heavy (non-hydrogen) atoms. The van der Waals surface area contributed by atoms with Crippen LogP contribution in [0.25, 0.3) is 5.69 Å². The van der Waals surface area contributed by atoms with Crippen LogP contribution in [0.5, 0.6) is 0 Å². The number of nitrogens with one attached hydrogen (secondary N) is 1. The summed E-state index contributed by atoms with van der Waals surface area (Å²) in [5.41, 5.74) is -2.63. The number of aromatic amines is 1. The Balaban J connectivity index is 2.67. The van der Waals surface area contributed by atoms with Crippen molar-refractivity contribution in [1.82, 2.24) is 9.55 Å². The molecule has 1 aromatic heterocycles. The van der Waals surface area contributed by atoms with E-state index in [-0.39, 0.29) is 10.8 Å². The highest BCUT2D eigenvalue weighted by Crippen LogP contribution is 2.30. The first-order valence-corrected chi connectivity index (χ1v) is 5.36. The molecule has 0 aliphatic carbocycles. The number of rotatable bonds is 1. The predicted molar refractivity (Wildman–Crippen MR) is 62.7 cm³/mol. The Morgan fingerprint density at radius 2 is 1.84 bits per heavy atom. The lowest BCUT2D eigenvalue weighted by Crippen LogP contribution is -2.28. The molecular weight excluding hydrogens is 285 g/mol. The van der Waals surface area contributed by atoms with Gasteiger partial charge in [-0.25, -0.2) is 4.79 Å². The average Bonchev–Trinajstić information content (AvgIpc) is 2.26. The van der Waals surface area contributed by atoms with Gasteiger partial charge in [-0.05, 0) is 18.2 Å². The van der Waals surface area contributed by atoms with Gasteiger partial charge in [-0.15, -0.1) is 0 Å². The van der Waals surface area contributed by atoms with E-state index in [0.717, 1.165) is 28.8 Å². The largest absolute Gasteiger partial charge is 0.416 e. The fraction of sp³-hybridized carbons (Fsp3) is 0.0909. The van der Waals surface area contributed by atoms with Crippen LogP contribution in [0.15, 0.2) is 39.9 Å². The fourth-order valence-corrected chi connectivity index (χ4v) is 1.80. The molecule has 1 heterocycles. The summed E-state index contributed by atoms with van der Waals surface area (Å²) in [5, 5.41) is -0.270. The molecule has 0 bridgehead atoms. The zero-order valence-electron chi connectivity index (χ0n) is 9.16. The molecule has 0 aliphatic heterocycles. The van der Waals surface area contributed by atoms with Crippen LogP contribution in [0.2, 0.25) is 5.15 Å². The van der Waals surface area contributed by atoms with Crippen molar-refractivity contribution in [3.8, 4) is 5.69 Å².